The van der Waals surface area contributed by atoms with Crippen molar-refractivity contribution >= 4 is 54.5 Å². The van der Waals surface area contributed by atoms with Crippen LogP contribution in [0.5, 0.6) is 0 Å². The zero-order chi connectivity index (χ0) is 42.6. The van der Waals surface area contributed by atoms with Gasteiger partial charge in [-0.25, -0.2) is 15.0 Å². The summed E-state index contributed by atoms with van der Waals surface area (Å²) in [4.78, 5) is 14.9. The van der Waals surface area contributed by atoms with E-state index in [-0.39, 0.29) is 63.3 Å². The second kappa shape index (κ2) is 12.1. The molecule has 0 aliphatic rings. The Balaban J connectivity index is 1.28. The molecule has 54 heavy (non-hydrogen) atoms. The standard InChI is InChI=1S/C49H30N4O/c1-3-14-31(15-4-1)47-50-48(32-16-5-2-6-17-32)52-49(51-47)35-26-27-43(41(29-35)39-23-13-22-38-37-21-10-12-25-45(37)54-46(38)39)53-42-24-11-9-20-36(42)40-28-33-18-7-8-19-34(33)30-44(40)53/h1-30H/i7D,8D,9D,18D,19D,20D,24D,28D. The second-order valence-corrected chi connectivity index (χ2v) is 13.0. The SMILES string of the molecule is [2H]c1cc([2H])c2c(c1[2H])c1c([2H])c3c([2H])c([2H])c([2H])c([2H])c3cc1n2-c1ccc(-c2nc(-c3ccccc3)nc(-c3ccccc3)n2)cc1-c1cccc2c1oc1ccccc12. The van der Waals surface area contributed by atoms with Crippen molar-refractivity contribution < 1.29 is 15.4 Å². The molecule has 3 aromatic heterocycles. The van der Waals surface area contributed by atoms with E-state index in [9.17, 15) is 4.11 Å². The number of furan rings is 1. The van der Waals surface area contributed by atoms with Crippen LogP contribution >= 0.6 is 0 Å². The lowest BCUT2D eigenvalue weighted by molar-refractivity contribution is 0.670. The van der Waals surface area contributed by atoms with Gasteiger partial charge in [0.2, 0.25) is 0 Å². The lowest BCUT2D eigenvalue weighted by atomic mass is 9.97. The molecule has 5 nitrogen and oxygen atoms in total. The Kier molecular flexibility index (Phi) is 5.21. The number of hydrogen-bond acceptors (Lipinski definition) is 4. The Bertz CT molecular complexity index is 3630. The summed E-state index contributed by atoms with van der Waals surface area (Å²) in [6, 6.07) is 39.3. The first-order valence-electron chi connectivity index (χ1n) is 21.5. The smallest absolute Gasteiger partial charge is 0.164 e. The summed E-state index contributed by atoms with van der Waals surface area (Å²) in [5.41, 5.74) is 5.94. The largest absolute Gasteiger partial charge is 0.455 e. The van der Waals surface area contributed by atoms with Gasteiger partial charge in [0.05, 0.1) is 27.7 Å². The third-order valence-electron chi connectivity index (χ3n) is 9.82. The molecule has 0 saturated carbocycles. The van der Waals surface area contributed by atoms with Gasteiger partial charge >= 0.3 is 0 Å². The van der Waals surface area contributed by atoms with Crippen LogP contribution < -0.4 is 0 Å². The molecule has 0 atom stereocenters. The van der Waals surface area contributed by atoms with Crippen molar-refractivity contribution in [1.82, 2.24) is 19.5 Å². The summed E-state index contributed by atoms with van der Waals surface area (Å²) in [5.74, 6) is 1.36. The average Bonchev–Trinajstić information content (AvgIpc) is 3.87. The lowest BCUT2D eigenvalue weighted by Crippen LogP contribution is -2.02. The van der Waals surface area contributed by atoms with Crippen molar-refractivity contribution in [3.63, 3.8) is 0 Å². The monoisotopic (exact) mass is 698 g/mol. The van der Waals surface area contributed by atoms with E-state index in [1.54, 1.807) is 10.6 Å². The van der Waals surface area contributed by atoms with E-state index in [0.29, 0.717) is 56.5 Å². The quantitative estimate of drug-likeness (QED) is 0.180. The van der Waals surface area contributed by atoms with E-state index in [1.165, 1.54) is 6.07 Å². The van der Waals surface area contributed by atoms with E-state index < -0.39 is 12.1 Å². The molecular formula is C49H30N4O. The molecule has 0 aliphatic carbocycles. The molecule has 5 heteroatoms. The number of para-hydroxylation sites is 3. The zero-order valence-electron chi connectivity index (χ0n) is 36.4. The van der Waals surface area contributed by atoms with Gasteiger partial charge in [0.15, 0.2) is 17.5 Å². The minimum atomic E-state index is -0.478. The van der Waals surface area contributed by atoms with Crippen LogP contribution in [0, 0.1) is 0 Å². The van der Waals surface area contributed by atoms with Crippen molar-refractivity contribution in [3.05, 3.63) is 182 Å². The predicted octanol–water partition coefficient (Wildman–Crippen LogP) is 12.7. The summed E-state index contributed by atoms with van der Waals surface area (Å²) < 4.78 is 79.8. The van der Waals surface area contributed by atoms with Crippen molar-refractivity contribution in [2.75, 3.05) is 0 Å². The van der Waals surface area contributed by atoms with Crippen LogP contribution in [0.1, 0.15) is 11.0 Å². The Morgan fingerprint density at radius 2 is 1.15 bits per heavy atom. The van der Waals surface area contributed by atoms with Gasteiger partial charge in [-0.1, -0.05) is 139 Å². The first-order valence-corrected chi connectivity index (χ1v) is 17.5. The van der Waals surface area contributed by atoms with Crippen LogP contribution in [-0.2, 0) is 0 Å². The molecule has 0 saturated heterocycles. The molecule has 8 aromatic carbocycles. The normalized spacial score (nSPS) is 13.8. The van der Waals surface area contributed by atoms with Crippen molar-refractivity contribution in [3.8, 4) is 51.0 Å². The Morgan fingerprint density at radius 3 is 1.93 bits per heavy atom. The summed E-state index contributed by atoms with van der Waals surface area (Å²) in [7, 11) is 0. The molecule has 0 N–H and O–H groups in total. The molecule has 0 fully saturated rings. The predicted molar refractivity (Wildman–Crippen MR) is 221 cm³/mol. The van der Waals surface area contributed by atoms with Crippen molar-refractivity contribution in [2.24, 2.45) is 0 Å². The summed E-state index contributed by atoms with van der Waals surface area (Å²) in [6.07, 6.45) is 0. The highest BCUT2D eigenvalue weighted by Gasteiger charge is 2.21. The maximum absolute atomic E-state index is 9.54. The van der Waals surface area contributed by atoms with Gasteiger partial charge in [0, 0.05) is 49.4 Å². The maximum Gasteiger partial charge on any atom is 0.164 e. The van der Waals surface area contributed by atoms with Crippen LogP contribution in [-0.4, -0.2) is 19.5 Å². The van der Waals surface area contributed by atoms with Crippen LogP contribution in [0.4, 0.5) is 0 Å². The fourth-order valence-electron chi connectivity index (χ4n) is 7.35. The fourth-order valence-corrected chi connectivity index (χ4v) is 7.35. The summed E-state index contributed by atoms with van der Waals surface area (Å²) in [6.45, 7) is 0. The molecule has 3 heterocycles. The number of rotatable bonds is 5. The number of nitrogens with zero attached hydrogens (tertiary/aromatic N) is 4. The highest BCUT2D eigenvalue weighted by Crippen LogP contribution is 2.43. The minimum Gasteiger partial charge on any atom is -0.455 e. The summed E-state index contributed by atoms with van der Waals surface area (Å²) in [5, 5.41) is 2.26. The Hall–Kier alpha value is -7.37. The van der Waals surface area contributed by atoms with E-state index in [1.807, 2.05) is 121 Å². The molecule has 11 aromatic rings. The van der Waals surface area contributed by atoms with Crippen LogP contribution in [0.15, 0.2) is 186 Å². The fraction of sp³-hybridized carbons (Fsp3) is 0. The number of hydrogen-bond donors (Lipinski definition) is 0. The topological polar surface area (TPSA) is 56.7 Å². The van der Waals surface area contributed by atoms with Gasteiger partial charge < -0.3 is 8.98 Å². The van der Waals surface area contributed by atoms with Crippen LogP contribution in [0.2, 0.25) is 0 Å². The van der Waals surface area contributed by atoms with E-state index in [0.717, 1.165) is 21.9 Å². The third kappa shape index (κ3) is 4.83. The first kappa shape index (κ1) is 23.2. The van der Waals surface area contributed by atoms with Gasteiger partial charge in [0.25, 0.3) is 0 Å². The second-order valence-electron chi connectivity index (χ2n) is 13.0. The number of aromatic nitrogens is 4. The molecule has 0 unspecified atom stereocenters. The molecule has 0 amide bonds. The molecule has 0 aliphatic heterocycles. The molecule has 11 rings (SSSR count). The highest BCUT2D eigenvalue weighted by atomic mass is 16.3. The van der Waals surface area contributed by atoms with E-state index >= 15 is 0 Å². The van der Waals surface area contributed by atoms with Gasteiger partial charge in [-0.05, 0) is 53.2 Å². The van der Waals surface area contributed by atoms with Gasteiger partial charge in [0.1, 0.15) is 11.2 Å². The molecule has 252 valence electrons. The van der Waals surface area contributed by atoms with E-state index in [2.05, 4.69) is 0 Å². The molecule has 0 radical (unpaired) electrons. The van der Waals surface area contributed by atoms with Crippen molar-refractivity contribution in [1.29, 1.82) is 0 Å². The Labute approximate surface area is 321 Å². The van der Waals surface area contributed by atoms with Gasteiger partial charge in [-0.3, -0.25) is 0 Å². The van der Waals surface area contributed by atoms with Gasteiger partial charge in [-0.2, -0.15) is 0 Å². The van der Waals surface area contributed by atoms with Crippen LogP contribution in [0.3, 0.4) is 0 Å². The maximum atomic E-state index is 9.54. The first-order chi connectivity index (χ1) is 30.1. The van der Waals surface area contributed by atoms with Gasteiger partial charge in [-0.15, -0.1) is 0 Å². The summed E-state index contributed by atoms with van der Waals surface area (Å²) >= 11 is 0. The molecule has 0 bridgehead atoms. The average molecular weight is 699 g/mol. The van der Waals surface area contributed by atoms with Crippen molar-refractivity contribution in [2.45, 2.75) is 0 Å². The molecular weight excluding hydrogens is 661 g/mol. The number of fused-ring (bicyclic) bond motifs is 7. The highest BCUT2D eigenvalue weighted by molar-refractivity contribution is 6.15. The van der Waals surface area contributed by atoms with Crippen LogP contribution in [0.25, 0.3) is 105 Å². The third-order valence-corrected chi connectivity index (χ3v) is 9.82. The Morgan fingerprint density at radius 1 is 0.463 bits per heavy atom. The number of benzene rings is 8. The minimum absolute atomic E-state index is 0.00949. The van der Waals surface area contributed by atoms with E-state index in [4.69, 9.17) is 26.2 Å². The lowest BCUT2D eigenvalue weighted by Gasteiger charge is -2.16. The zero-order valence-corrected chi connectivity index (χ0v) is 28.4. The molecule has 0 spiro atoms.